The Morgan fingerprint density at radius 1 is 1.17 bits per heavy atom. The molecule has 1 heterocycles. The number of anilines is 1. The lowest BCUT2D eigenvalue weighted by atomic mass is 9.77. The van der Waals surface area contributed by atoms with Crippen molar-refractivity contribution < 1.29 is 4.92 Å². The van der Waals surface area contributed by atoms with Crippen LogP contribution in [0, 0.1) is 16.0 Å². The van der Waals surface area contributed by atoms with Crippen molar-refractivity contribution in [1.29, 1.82) is 0 Å². The highest BCUT2D eigenvalue weighted by atomic mass is 35.5. The van der Waals surface area contributed by atoms with Gasteiger partial charge in [0.2, 0.25) is 0 Å². The number of halogens is 1. The summed E-state index contributed by atoms with van der Waals surface area (Å²) in [7, 11) is 0. The third kappa shape index (κ3) is 2.30. The van der Waals surface area contributed by atoms with Crippen molar-refractivity contribution in [2.45, 2.75) is 18.4 Å². The van der Waals surface area contributed by atoms with Gasteiger partial charge in [0.1, 0.15) is 0 Å². The van der Waals surface area contributed by atoms with E-state index in [2.05, 4.69) is 17.5 Å². The van der Waals surface area contributed by atoms with Crippen molar-refractivity contribution >= 4 is 23.0 Å². The summed E-state index contributed by atoms with van der Waals surface area (Å²) in [5, 5.41) is 15.4. The molecule has 3 atom stereocenters. The second-order valence-electron chi connectivity index (χ2n) is 6.03. The molecule has 0 aromatic heterocycles. The summed E-state index contributed by atoms with van der Waals surface area (Å²) in [6.45, 7) is 0. The van der Waals surface area contributed by atoms with E-state index in [-0.39, 0.29) is 22.6 Å². The minimum atomic E-state index is -0.339. The lowest BCUT2D eigenvalue weighted by molar-refractivity contribution is -0.384. The molecule has 0 unspecified atom stereocenters. The van der Waals surface area contributed by atoms with Gasteiger partial charge in [0.15, 0.2) is 0 Å². The van der Waals surface area contributed by atoms with Gasteiger partial charge in [0.05, 0.1) is 11.0 Å². The van der Waals surface area contributed by atoms with Gasteiger partial charge in [-0.25, -0.2) is 0 Å². The summed E-state index contributed by atoms with van der Waals surface area (Å²) in [4.78, 5) is 10.7. The number of benzene rings is 2. The summed E-state index contributed by atoms with van der Waals surface area (Å²) >= 11 is 6.39. The van der Waals surface area contributed by atoms with E-state index in [1.807, 2.05) is 24.3 Å². The number of nitrogens with zero attached hydrogens (tertiary/aromatic N) is 1. The number of nitro benzene ring substituents is 1. The molecule has 4 nitrogen and oxygen atoms in total. The molecule has 2 aromatic carbocycles. The van der Waals surface area contributed by atoms with E-state index in [1.54, 1.807) is 18.2 Å². The summed E-state index contributed by atoms with van der Waals surface area (Å²) in [5.74, 6) is 0.511. The van der Waals surface area contributed by atoms with Gasteiger partial charge < -0.3 is 5.32 Å². The predicted molar refractivity (Wildman–Crippen MR) is 90.9 cm³/mol. The minimum absolute atomic E-state index is 0.109. The summed E-state index contributed by atoms with van der Waals surface area (Å²) in [6.07, 6.45) is 5.27. The van der Waals surface area contributed by atoms with Crippen LogP contribution in [-0.4, -0.2) is 4.92 Å². The molecule has 0 amide bonds. The van der Waals surface area contributed by atoms with Crippen LogP contribution in [0.3, 0.4) is 0 Å². The fourth-order valence-electron chi connectivity index (χ4n) is 3.73. The Balaban J connectivity index is 1.81. The quantitative estimate of drug-likeness (QED) is 0.476. The average Bonchev–Trinajstić information content (AvgIpc) is 3.04. The molecule has 23 heavy (non-hydrogen) atoms. The fourth-order valence-corrected chi connectivity index (χ4v) is 3.98. The summed E-state index contributed by atoms with van der Waals surface area (Å²) in [5.41, 5.74) is 3.17. The molecule has 2 aromatic rings. The van der Waals surface area contributed by atoms with Gasteiger partial charge in [-0.15, -0.1) is 0 Å². The Morgan fingerprint density at radius 3 is 2.78 bits per heavy atom. The maximum Gasteiger partial charge on any atom is 0.269 e. The normalized spacial score (nSPS) is 24.7. The van der Waals surface area contributed by atoms with E-state index in [9.17, 15) is 10.1 Å². The highest BCUT2D eigenvalue weighted by Crippen LogP contribution is 2.51. The molecule has 0 saturated carbocycles. The van der Waals surface area contributed by atoms with Crippen LogP contribution < -0.4 is 5.32 Å². The SMILES string of the molecule is O=[N+]([O-])c1ccc2c(c1)[C@H]1C=CC[C@H]1[C@H](c1ccccc1Cl)N2. The van der Waals surface area contributed by atoms with Crippen molar-refractivity contribution in [2.24, 2.45) is 5.92 Å². The second kappa shape index (κ2) is 5.39. The molecule has 5 heteroatoms. The third-order valence-electron chi connectivity index (χ3n) is 4.80. The van der Waals surface area contributed by atoms with Crippen molar-refractivity contribution in [3.05, 3.63) is 80.9 Å². The van der Waals surface area contributed by atoms with E-state index < -0.39 is 0 Å². The van der Waals surface area contributed by atoms with Gasteiger partial charge in [0.25, 0.3) is 5.69 Å². The van der Waals surface area contributed by atoms with Crippen molar-refractivity contribution in [2.75, 3.05) is 5.32 Å². The van der Waals surface area contributed by atoms with Gasteiger partial charge in [-0.3, -0.25) is 10.1 Å². The van der Waals surface area contributed by atoms with Gasteiger partial charge in [-0.1, -0.05) is 42.0 Å². The zero-order valence-electron chi connectivity index (χ0n) is 12.3. The lowest BCUT2D eigenvalue weighted by Crippen LogP contribution is -2.29. The van der Waals surface area contributed by atoms with Crippen LogP contribution in [0.15, 0.2) is 54.6 Å². The first kappa shape index (κ1) is 14.3. The fraction of sp³-hybridized carbons (Fsp3) is 0.222. The van der Waals surface area contributed by atoms with Crippen molar-refractivity contribution in [1.82, 2.24) is 0 Å². The van der Waals surface area contributed by atoms with E-state index in [4.69, 9.17) is 11.6 Å². The molecule has 2 aliphatic rings. The third-order valence-corrected chi connectivity index (χ3v) is 5.14. The Labute approximate surface area is 138 Å². The molecule has 1 aliphatic heterocycles. The first-order valence-corrected chi connectivity index (χ1v) is 7.99. The van der Waals surface area contributed by atoms with Crippen LogP contribution in [0.4, 0.5) is 11.4 Å². The number of non-ortho nitro benzene ring substituents is 1. The van der Waals surface area contributed by atoms with Crippen LogP contribution in [-0.2, 0) is 0 Å². The zero-order chi connectivity index (χ0) is 16.0. The number of nitrogens with one attached hydrogen (secondary N) is 1. The average molecular weight is 327 g/mol. The Bertz CT molecular complexity index is 818. The van der Waals surface area contributed by atoms with Crippen LogP contribution in [0.2, 0.25) is 5.02 Å². The molecular formula is C18H15ClN2O2. The molecule has 116 valence electrons. The number of rotatable bonds is 2. The molecule has 1 N–H and O–H groups in total. The van der Waals surface area contributed by atoms with Gasteiger partial charge in [0, 0.05) is 28.8 Å². The molecule has 0 saturated heterocycles. The number of fused-ring (bicyclic) bond motifs is 3. The maximum absolute atomic E-state index is 11.1. The first-order valence-electron chi connectivity index (χ1n) is 7.61. The largest absolute Gasteiger partial charge is 0.378 e. The van der Waals surface area contributed by atoms with Crippen LogP contribution >= 0.6 is 11.6 Å². The highest BCUT2D eigenvalue weighted by molar-refractivity contribution is 6.31. The monoisotopic (exact) mass is 326 g/mol. The number of nitro groups is 1. The molecular weight excluding hydrogens is 312 g/mol. The van der Waals surface area contributed by atoms with E-state index in [1.165, 1.54) is 0 Å². The lowest BCUT2D eigenvalue weighted by Gasteiger charge is -2.37. The molecule has 0 bridgehead atoms. The van der Waals surface area contributed by atoms with Crippen molar-refractivity contribution in [3.63, 3.8) is 0 Å². The van der Waals surface area contributed by atoms with Crippen LogP contribution in [0.5, 0.6) is 0 Å². The Kier molecular flexibility index (Phi) is 3.34. The van der Waals surface area contributed by atoms with E-state index in [0.29, 0.717) is 5.92 Å². The predicted octanol–water partition coefficient (Wildman–Crippen LogP) is 5.07. The van der Waals surface area contributed by atoms with Crippen LogP contribution in [0.1, 0.15) is 29.5 Å². The Hall–Kier alpha value is -2.33. The topological polar surface area (TPSA) is 55.2 Å². The van der Waals surface area contributed by atoms with Gasteiger partial charge in [-0.05, 0) is 35.6 Å². The van der Waals surface area contributed by atoms with Crippen molar-refractivity contribution in [3.8, 4) is 0 Å². The molecule has 0 fully saturated rings. The zero-order valence-corrected chi connectivity index (χ0v) is 13.0. The molecule has 4 rings (SSSR count). The number of hydrogen-bond acceptors (Lipinski definition) is 3. The van der Waals surface area contributed by atoms with Crippen LogP contribution in [0.25, 0.3) is 0 Å². The molecule has 0 radical (unpaired) electrons. The maximum atomic E-state index is 11.1. The smallest absolute Gasteiger partial charge is 0.269 e. The van der Waals surface area contributed by atoms with E-state index >= 15 is 0 Å². The first-order chi connectivity index (χ1) is 11.1. The molecule has 0 spiro atoms. The minimum Gasteiger partial charge on any atom is -0.378 e. The standard InChI is InChI=1S/C18H15ClN2O2/c19-16-7-2-1-4-14(16)18-13-6-3-5-12(13)15-10-11(21(22)23)8-9-17(15)20-18/h1-5,7-10,12-13,18,20H,6H2/t12-,13+,18+/m0/s1. The molecule has 1 aliphatic carbocycles. The summed E-state index contributed by atoms with van der Waals surface area (Å²) in [6, 6.07) is 13.0. The Morgan fingerprint density at radius 2 is 2.00 bits per heavy atom. The number of hydrogen-bond donors (Lipinski definition) is 1. The highest BCUT2D eigenvalue weighted by Gasteiger charge is 2.39. The summed E-state index contributed by atoms with van der Waals surface area (Å²) < 4.78 is 0. The van der Waals surface area contributed by atoms with Gasteiger partial charge in [-0.2, -0.15) is 0 Å². The van der Waals surface area contributed by atoms with E-state index in [0.717, 1.165) is 28.3 Å². The second-order valence-corrected chi connectivity index (χ2v) is 6.43. The number of allylic oxidation sites excluding steroid dienone is 2. The van der Waals surface area contributed by atoms with Gasteiger partial charge >= 0.3 is 0 Å².